The molecule has 18 heteroatoms. The number of carbonyl (C=O) groups excluding carboxylic acids is 2. The number of ether oxygens (including phenoxy) is 1. The maximum Gasteiger partial charge on any atom is 0.359 e. The summed E-state index contributed by atoms with van der Waals surface area (Å²) in [5.74, 6) is -1.73. The molecule has 0 atom stereocenters. The van der Waals surface area contributed by atoms with Gasteiger partial charge in [-0.3, -0.25) is 23.8 Å². The van der Waals surface area contributed by atoms with Crippen LogP contribution < -0.4 is 10.6 Å². The Kier molecular flexibility index (Phi) is 8.90. The first-order valence-corrected chi connectivity index (χ1v) is 14.7. The standard InChI is InChI=1S/C25H22N4O12S2/c1-39-25(32)22-20(24(31)29(27-22)16-8-12-18(13-9-16)43(36,37)38)5-3-4-19-21(14-41-40-2)26-28(23(19)30)15-6-10-17(11-7-15)42(33,34)35/h3-13,26H,14H2,1-2H3,(H,33,34,35)(H,36,37,38)/b4-3+,20-5-. The van der Waals surface area contributed by atoms with Crippen molar-refractivity contribution in [1.82, 2.24) is 9.78 Å². The summed E-state index contributed by atoms with van der Waals surface area (Å²) in [7, 11) is -6.60. The minimum absolute atomic E-state index is 0.0485. The van der Waals surface area contributed by atoms with Gasteiger partial charge in [-0.2, -0.15) is 26.9 Å². The van der Waals surface area contributed by atoms with Crippen molar-refractivity contribution in [1.29, 1.82) is 0 Å². The maximum atomic E-state index is 13.2. The topological polar surface area (TPSA) is 224 Å². The van der Waals surface area contributed by atoms with E-state index in [9.17, 15) is 40.3 Å². The fourth-order valence-corrected chi connectivity index (χ4v) is 4.79. The molecule has 3 N–H and O–H groups in total. The van der Waals surface area contributed by atoms with Gasteiger partial charge in [-0.15, -0.1) is 0 Å². The van der Waals surface area contributed by atoms with Crippen molar-refractivity contribution in [2.75, 3.05) is 19.2 Å². The molecular weight excluding hydrogens is 612 g/mol. The fraction of sp³-hybridized carbons (Fsp3) is 0.120. The van der Waals surface area contributed by atoms with E-state index >= 15 is 0 Å². The van der Waals surface area contributed by atoms with Crippen molar-refractivity contribution >= 4 is 49.6 Å². The zero-order chi connectivity index (χ0) is 31.5. The number of aromatic nitrogens is 2. The van der Waals surface area contributed by atoms with Gasteiger partial charge in [0.2, 0.25) is 0 Å². The third kappa shape index (κ3) is 6.69. The second-order valence-electron chi connectivity index (χ2n) is 8.51. The van der Waals surface area contributed by atoms with Crippen molar-refractivity contribution in [2.24, 2.45) is 5.10 Å². The summed E-state index contributed by atoms with van der Waals surface area (Å²) in [6, 6.07) is 9.26. The molecule has 16 nitrogen and oxygen atoms in total. The number of nitrogens with one attached hydrogen (secondary N) is 1. The molecule has 0 aliphatic carbocycles. The van der Waals surface area contributed by atoms with Crippen LogP contribution in [-0.4, -0.2) is 67.5 Å². The summed E-state index contributed by atoms with van der Waals surface area (Å²) in [4.78, 5) is 47.6. The number of aromatic amines is 1. The van der Waals surface area contributed by atoms with Crippen LogP contribution in [-0.2, 0) is 50.9 Å². The Labute approximate surface area is 243 Å². The van der Waals surface area contributed by atoms with Crippen LogP contribution >= 0.6 is 0 Å². The summed E-state index contributed by atoms with van der Waals surface area (Å²) in [6.45, 7) is -0.223. The largest absolute Gasteiger partial charge is 0.464 e. The lowest BCUT2D eigenvalue weighted by atomic mass is 10.1. The Bertz CT molecular complexity index is 1940. The molecule has 1 aliphatic rings. The lowest BCUT2D eigenvalue weighted by Crippen LogP contribution is -2.22. The number of carbonyl (C=O) groups is 2. The number of anilines is 1. The number of amides is 1. The number of allylic oxidation sites excluding steroid dienone is 2. The molecule has 1 aromatic heterocycles. The monoisotopic (exact) mass is 634 g/mol. The molecule has 0 spiro atoms. The van der Waals surface area contributed by atoms with E-state index in [1.54, 1.807) is 0 Å². The second kappa shape index (κ2) is 12.3. The molecule has 3 aromatic rings. The SMILES string of the molecule is COOCc1[nH]n(-c2ccc(S(=O)(=O)O)cc2)c(=O)c1/C=C/C=C1\C(=O)N(c2ccc(S(=O)(=O)O)cc2)N=C1C(=O)OC. The molecule has 0 saturated carbocycles. The van der Waals surface area contributed by atoms with Crippen molar-refractivity contribution in [3.63, 3.8) is 0 Å². The van der Waals surface area contributed by atoms with Crippen LogP contribution in [0.4, 0.5) is 5.69 Å². The minimum atomic E-state index is -4.49. The molecule has 0 unspecified atom stereocenters. The first-order valence-electron chi connectivity index (χ1n) is 11.8. The number of nitrogens with zero attached hydrogens (tertiary/aromatic N) is 3. The van der Waals surface area contributed by atoms with Crippen LogP contribution in [0.5, 0.6) is 0 Å². The van der Waals surface area contributed by atoms with Crippen LogP contribution in [0.15, 0.2) is 85.9 Å². The van der Waals surface area contributed by atoms with E-state index in [0.29, 0.717) is 0 Å². The maximum absolute atomic E-state index is 13.2. The third-order valence-electron chi connectivity index (χ3n) is 5.88. The molecule has 1 amide bonds. The zero-order valence-corrected chi connectivity index (χ0v) is 23.8. The highest BCUT2D eigenvalue weighted by Gasteiger charge is 2.35. The van der Waals surface area contributed by atoms with Gasteiger partial charge in [-0.25, -0.2) is 19.3 Å². The summed E-state index contributed by atoms with van der Waals surface area (Å²) >= 11 is 0. The Morgan fingerprint density at radius 1 is 0.930 bits per heavy atom. The molecule has 4 rings (SSSR count). The highest BCUT2D eigenvalue weighted by atomic mass is 32.2. The van der Waals surface area contributed by atoms with E-state index in [0.717, 1.165) is 41.1 Å². The van der Waals surface area contributed by atoms with E-state index in [4.69, 9.17) is 9.62 Å². The molecule has 2 aromatic carbocycles. The average Bonchev–Trinajstić information content (AvgIpc) is 3.46. The molecule has 0 fully saturated rings. The molecule has 0 bridgehead atoms. The fourth-order valence-electron chi connectivity index (χ4n) is 3.83. The molecule has 2 heterocycles. The van der Waals surface area contributed by atoms with Gasteiger partial charge in [-0.1, -0.05) is 6.08 Å². The van der Waals surface area contributed by atoms with Crippen molar-refractivity contribution < 1.29 is 50.0 Å². The van der Waals surface area contributed by atoms with Crippen LogP contribution in [0, 0.1) is 0 Å². The predicted octanol–water partition coefficient (Wildman–Crippen LogP) is 1.25. The lowest BCUT2D eigenvalue weighted by molar-refractivity contribution is -0.282. The number of esters is 1. The van der Waals surface area contributed by atoms with Crippen molar-refractivity contribution in [3.8, 4) is 5.69 Å². The molecule has 0 radical (unpaired) electrons. The van der Waals surface area contributed by atoms with Gasteiger partial charge in [0.1, 0.15) is 6.61 Å². The number of benzene rings is 2. The first kappa shape index (κ1) is 31.2. The minimum Gasteiger partial charge on any atom is -0.464 e. The average molecular weight is 635 g/mol. The van der Waals surface area contributed by atoms with Gasteiger partial charge in [0, 0.05) is 0 Å². The van der Waals surface area contributed by atoms with Crippen molar-refractivity contribution in [2.45, 2.75) is 16.4 Å². The number of rotatable bonds is 10. The van der Waals surface area contributed by atoms with E-state index in [2.05, 4.69) is 15.1 Å². The van der Waals surface area contributed by atoms with Crippen LogP contribution in [0.25, 0.3) is 11.8 Å². The third-order valence-corrected chi connectivity index (χ3v) is 7.62. The number of hydrazone groups is 1. The number of methoxy groups -OCH3 is 1. The van der Waals surface area contributed by atoms with E-state index in [1.165, 1.54) is 49.6 Å². The van der Waals surface area contributed by atoms with Gasteiger partial charge in [-0.05, 0) is 60.7 Å². The summed E-state index contributed by atoms with van der Waals surface area (Å²) in [5.41, 5.74) is -0.621. The van der Waals surface area contributed by atoms with E-state index < -0.39 is 42.6 Å². The number of hydrogen-bond donors (Lipinski definition) is 3. The zero-order valence-electron chi connectivity index (χ0n) is 22.2. The molecular formula is C25H22N4O12S2. The van der Waals surface area contributed by atoms with Crippen LogP contribution in [0.3, 0.4) is 0 Å². The number of hydrogen-bond acceptors (Lipinski definition) is 11. The van der Waals surface area contributed by atoms with Crippen molar-refractivity contribution in [3.05, 3.63) is 87.9 Å². The van der Waals surface area contributed by atoms with Gasteiger partial charge in [0.05, 0.1) is 52.2 Å². The summed E-state index contributed by atoms with van der Waals surface area (Å²) < 4.78 is 69.5. The van der Waals surface area contributed by atoms with Gasteiger partial charge in [0.25, 0.3) is 31.7 Å². The lowest BCUT2D eigenvalue weighted by Gasteiger charge is -2.11. The summed E-state index contributed by atoms with van der Waals surface area (Å²) in [6.07, 6.45) is 3.82. The molecule has 1 aliphatic heterocycles. The van der Waals surface area contributed by atoms with Gasteiger partial charge < -0.3 is 4.74 Å². The predicted molar refractivity (Wildman–Crippen MR) is 148 cm³/mol. The normalized spacial score (nSPS) is 15.0. The quantitative estimate of drug-likeness (QED) is 0.0942. The number of H-pyrrole nitrogens is 1. The van der Waals surface area contributed by atoms with Gasteiger partial charge >= 0.3 is 5.97 Å². The molecule has 43 heavy (non-hydrogen) atoms. The van der Waals surface area contributed by atoms with Crippen LogP contribution in [0.2, 0.25) is 0 Å². The Balaban J connectivity index is 1.70. The second-order valence-corrected chi connectivity index (χ2v) is 11.4. The first-order chi connectivity index (χ1) is 20.3. The summed E-state index contributed by atoms with van der Waals surface area (Å²) in [5, 5.41) is 7.63. The molecule has 0 saturated heterocycles. The van der Waals surface area contributed by atoms with E-state index in [-0.39, 0.29) is 45.4 Å². The highest BCUT2D eigenvalue weighted by Crippen LogP contribution is 2.26. The van der Waals surface area contributed by atoms with E-state index in [1.807, 2.05) is 0 Å². The molecule has 226 valence electrons. The Morgan fingerprint density at radius 3 is 2.00 bits per heavy atom. The highest BCUT2D eigenvalue weighted by molar-refractivity contribution is 7.86. The van der Waals surface area contributed by atoms with Gasteiger partial charge in [0.15, 0.2) is 5.71 Å². The Hall–Kier alpha value is -4.72. The van der Waals surface area contributed by atoms with Crippen LogP contribution in [0.1, 0.15) is 11.3 Å². The Morgan fingerprint density at radius 2 is 1.49 bits per heavy atom. The smallest absolute Gasteiger partial charge is 0.359 e.